The van der Waals surface area contributed by atoms with Gasteiger partial charge in [-0.25, -0.2) is 0 Å². The van der Waals surface area contributed by atoms with E-state index in [9.17, 15) is 4.79 Å². The maximum Gasteiger partial charge on any atom is 0.234 e. The fraction of sp³-hybridized carbons (Fsp3) is 0.588. The molecule has 1 aliphatic carbocycles. The van der Waals surface area contributed by atoms with Gasteiger partial charge in [0.25, 0.3) is 0 Å². The van der Waals surface area contributed by atoms with Gasteiger partial charge in [-0.05, 0) is 43.5 Å². The Morgan fingerprint density at radius 3 is 2.62 bits per heavy atom. The maximum absolute atomic E-state index is 12.1. The number of hydrogen-bond acceptors (Lipinski definition) is 2. The first-order valence-corrected chi connectivity index (χ1v) is 8.15. The summed E-state index contributed by atoms with van der Waals surface area (Å²) >= 11 is 5.88. The van der Waals surface area contributed by atoms with Crippen molar-refractivity contribution >= 4 is 17.5 Å². The molecule has 1 fully saturated rings. The summed E-state index contributed by atoms with van der Waals surface area (Å²) in [6.07, 6.45) is 4.87. The van der Waals surface area contributed by atoms with Crippen molar-refractivity contribution in [1.29, 1.82) is 0 Å². The van der Waals surface area contributed by atoms with Crippen LogP contribution in [0.1, 0.15) is 38.2 Å². The Balaban J connectivity index is 1.77. The van der Waals surface area contributed by atoms with Crippen molar-refractivity contribution < 1.29 is 4.79 Å². The van der Waals surface area contributed by atoms with Crippen molar-refractivity contribution in [1.82, 2.24) is 10.2 Å². The normalized spacial score (nSPS) is 22.3. The largest absolute Gasteiger partial charge is 0.352 e. The van der Waals surface area contributed by atoms with Gasteiger partial charge in [-0.2, -0.15) is 0 Å². The Kier molecular flexibility index (Phi) is 6.07. The molecule has 0 radical (unpaired) electrons. The van der Waals surface area contributed by atoms with Crippen LogP contribution in [0.3, 0.4) is 0 Å². The van der Waals surface area contributed by atoms with E-state index in [1.165, 1.54) is 24.8 Å². The van der Waals surface area contributed by atoms with Crippen LogP contribution >= 0.6 is 11.6 Å². The van der Waals surface area contributed by atoms with E-state index >= 15 is 0 Å². The number of amides is 1. The number of halogens is 1. The molecule has 21 heavy (non-hydrogen) atoms. The highest BCUT2D eigenvalue weighted by molar-refractivity contribution is 6.30. The Morgan fingerprint density at radius 2 is 1.95 bits per heavy atom. The quantitative estimate of drug-likeness (QED) is 0.903. The van der Waals surface area contributed by atoms with E-state index in [2.05, 4.69) is 12.2 Å². The van der Waals surface area contributed by atoms with Crippen LogP contribution in [0, 0.1) is 5.92 Å². The average molecular weight is 309 g/mol. The average Bonchev–Trinajstić information content (AvgIpc) is 2.44. The van der Waals surface area contributed by atoms with Gasteiger partial charge < -0.3 is 5.32 Å². The molecule has 116 valence electrons. The van der Waals surface area contributed by atoms with E-state index in [0.29, 0.717) is 18.5 Å². The molecule has 3 nitrogen and oxygen atoms in total. The first-order valence-electron chi connectivity index (χ1n) is 7.77. The second kappa shape index (κ2) is 7.81. The summed E-state index contributed by atoms with van der Waals surface area (Å²) in [7, 11) is 1.97. The monoisotopic (exact) mass is 308 g/mol. The molecule has 1 saturated carbocycles. The van der Waals surface area contributed by atoms with Gasteiger partial charge in [0.15, 0.2) is 0 Å². The Morgan fingerprint density at radius 1 is 1.29 bits per heavy atom. The molecule has 2 atom stereocenters. The zero-order valence-corrected chi connectivity index (χ0v) is 13.7. The fourth-order valence-corrected chi connectivity index (χ4v) is 3.11. The standard InChI is InChI=1S/C17H25ClN2O/c1-13-5-3-4-6-16(13)19-17(21)12-20(2)11-14-7-9-15(18)10-8-14/h7-10,13,16H,3-6,11-12H2,1-2H3,(H,19,21). The number of nitrogens with one attached hydrogen (secondary N) is 1. The maximum atomic E-state index is 12.1. The Hall–Kier alpha value is -1.06. The number of nitrogens with zero attached hydrogens (tertiary/aromatic N) is 1. The van der Waals surface area contributed by atoms with Crippen molar-refractivity contribution in [2.75, 3.05) is 13.6 Å². The topological polar surface area (TPSA) is 32.3 Å². The van der Waals surface area contributed by atoms with E-state index in [4.69, 9.17) is 11.6 Å². The van der Waals surface area contributed by atoms with Crippen molar-refractivity contribution in [3.63, 3.8) is 0 Å². The lowest BCUT2D eigenvalue weighted by molar-refractivity contribution is -0.123. The molecule has 1 aromatic rings. The molecule has 0 aliphatic heterocycles. The molecule has 1 aromatic carbocycles. The molecule has 0 saturated heterocycles. The van der Waals surface area contributed by atoms with Gasteiger partial charge in [-0.1, -0.05) is 43.5 Å². The molecule has 2 rings (SSSR count). The summed E-state index contributed by atoms with van der Waals surface area (Å²) in [5.41, 5.74) is 1.17. The third kappa shape index (κ3) is 5.33. The third-order valence-corrected chi connectivity index (χ3v) is 4.49. The van der Waals surface area contributed by atoms with Gasteiger partial charge in [0.05, 0.1) is 6.54 Å². The molecular weight excluding hydrogens is 284 g/mol. The van der Waals surface area contributed by atoms with E-state index < -0.39 is 0 Å². The van der Waals surface area contributed by atoms with Crippen LogP contribution in [0.2, 0.25) is 5.02 Å². The van der Waals surface area contributed by atoms with Crippen molar-refractivity contribution in [2.24, 2.45) is 5.92 Å². The number of carbonyl (C=O) groups excluding carboxylic acids is 1. The van der Waals surface area contributed by atoms with Crippen LogP contribution in [0.15, 0.2) is 24.3 Å². The Labute approximate surface area is 132 Å². The molecule has 1 amide bonds. The van der Waals surface area contributed by atoms with Gasteiger partial charge in [0.1, 0.15) is 0 Å². The molecule has 0 spiro atoms. The van der Waals surface area contributed by atoms with Crippen molar-refractivity contribution in [3.05, 3.63) is 34.9 Å². The molecule has 1 aliphatic rings. The smallest absolute Gasteiger partial charge is 0.234 e. The van der Waals surface area contributed by atoms with Crippen LogP contribution in [0.25, 0.3) is 0 Å². The summed E-state index contributed by atoms with van der Waals surface area (Å²) in [6, 6.07) is 8.12. The summed E-state index contributed by atoms with van der Waals surface area (Å²) in [5, 5.41) is 3.93. The third-order valence-electron chi connectivity index (χ3n) is 4.24. The van der Waals surface area contributed by atoms with E-state index in [1.807, 2.05) is 36.2 Å². The zero-order chi connectivity index (χ0) is 15.2. The molecule has 0 aromatic heterocycles. The Bertz CT molecular complexity index is 460. The van der Waals surface area contributed by atoms with Gasteiger partial charge in [0.2, 0.25) is 5.91 Å². The van der Waals surface area contributed by atoms with Crippen molar-refractivity contribution in [2.45, 2.75) is 45.2 Å². The van der Waals surface area contributed by atoms with Crippen LogP contribution in [-0.2, 0) is 11.3 Å². The van der Waals surface area contributed by atoms with E-state index in [1.54, 1.807) is 0 Å². The van der Waals surface area contributed by atoms with E-state index in [0.717, 1.165) is 18.0 Å². The summed E-state index contributed by atoms with van der Waals surface area (Å²) < 4.78 is 0. The van der Waals surface area contributed by atoms with Crippen LogP contribution in [0.5, 0.6) is 0 Å². The highest BCUT2D eigenvalue weighted by atomic mass is 35.5. The number of benzene rings is 1. The highest BCUT2D eigenvalue weighted by Crippen LogP contribution is 2.23. The lowest BCUT2D eigenvalue weighted by Crippen LogP contribution is -2.44. The molecule has 0 bridgehead atoms. The van der Waals surface area contributed by atoms with Gasteiger partial charge >= 0.3 is 0 Å². The lowest BCUT2D eigenvalue weighted by Gasteiger charge is -2.30. The first kappa shape index (κ1) is 16.3. The second-order valence-electron chi connectivity index (χ2n) is 6.23. The fourth-order valence-electron chi connectivity index (χ4n) is 2.99. The molecule has 1 N–H and O–H groups in total. The molecular formula is C17H25ClN2O. The second-order valence-corrected chi connectivity index (χ2v) is 6.67. The minimum absolute atomic E-state index is 0.130. The predicted octanol–water partition coefficient (Wildman–Crippen LogP) is 3.47. The highest BCUT2D eigenvalue weighted by Gasteiger charge is 2.22. The summed E-state index contributed by atoms with van der Waals surface area (Å²) in [6.45, 7) is 3.43. The van der Waals surface area contributed by atoms with Crippen molar-refractivity contribution in [3.8, 4) is 0 Å². The van der Waals surface area contributed by atoms with Crippen LogP contribution in [-0.4, -0.2) is 30.4 Å². The number of likely N-dealkylation sites (N-methyl/N-ethyl adjacent to an activating group) is 1. The van der Waals surface area contributed by atoms with Crippen LogP contribution < -0.4 is 5.32 Å². The number of hydrogen-bond donors (Lipinski definition) is 1. The summed E-state index contributed by atoms with van der Waals surface area (Å²) in [4.78, 5) is 14.2. The van der Waals surface area contributed by atoms with Gasteiger partial charge in [-0.3, -0.25) is 9.69 Å². The molecule has 0 heterocycles. The van der Waals surface area contributed by atoms with E-state index in [-0.39, 0.29) is 5.91 Å². The lowest BCUT2D eigenvalue weighted by atomic mass is 9.86. The van der Waals surface area contributed by atoms with Gasteiger partial charge in [-0.15, -0.1) is 0 Å². The molecule has 2 unspecified atom stereocenters. The molecule has 4 heteroatoms. The minimum atomic E-state index is 0.130. The van der Waals surface area contributed by atoms with Gasteiger partial charge in [0, 0.05) is 17.6 Å². The number of carbonyl (C=O) groups is 1. The number of rotatable bonds is 5. The first-order chi connectivity index (χ1) is 10.0. The minimum Gasteiger partial charge on any atom is -0.352 e. The summed E-state index contributed by atoms with van der Waals surface area (Å²) in [5.74, 6) is 0.731. The SMILES string of the molecule is CC1CCCCC1NC(=O)CN(C)Cc1ccc(Cl)cc1. The van der Waals surface area contributed by atoms with Crippen LogP contribution in [0.4, 0.5) is 0 Å². The predicted molar refractivity (Wildman–Crippen MR) is 87.3 cm³/mol. The zero-order valence-electron chi connectivity index (χ0n) is 12.9.